The van der Waals surface area contributed by atoms with Crippen molar-refractivity contribution in [3.05, 3.63) is 87.6 Å². The number of aryl methyl sites for hydroxylation is 1. The van der Waals surface area contributed by atoms with Crippen molar-refractivity contribution in [1.82, 2.24) is 9.78 Å². The molecule has 1 heterocycles. The van der Waals surface area contributed by atoms with E-state index in [2.05, 4.69) is 10.4 Å². The Morgan fingerprint density at radius 1 is 1.21 bits per heavy atom. The van der Waals surface area contributed by atoms with Gasteiger partial charge in [-0.2, -0.15) is 5.10 Å². The minimum Gasteiger partial charge on any atom is -0.497 e. The van der Waals surface area contributed by atoms with E-state index in [1.165, 1.54) is 18.2 Å². The summed E-state index contributed by atoms with van der Waals surface area (Å²) >= 11 is 0. The van der Waals surface area contributed by atoms with E-state index in [1.54, 1.807) is 33.1 Å². The molecule has 1 unspecified atom stereocenters. The van der Waals surface area contributed by atoms with Gasteiger partial charge in [0.1, 0.15) is 17.6 Å². The van der Waals surface area contributed by atoms with E-state index in [0.29, 0.717) is 23.4 Å². The van der Waals surface area contributed by atoms with Gasteiger partial charge in [0.15, 0.2) is 0 Å². The molecular weight excluding hydrogens is 373 g/mol. The lowest BCUT2D eigenvalue weighted by atomic mass is 10.1. The molecule has 0 saturated heterocycles. The summed E-state index contributed by atoms with van der Waals surface area (Å²) in [4.78, 5) is 25.5. The fourth-order valence-electron chi connectivity index (χ4n) is 3.01. The van der Waals surface area contributed by atoms with Crippen molar-refractivity contribution >= 4 is 11.6 Å². The first kappa shape index (κ1) is 20.3. The number of benzene rings is 2. The highest BCUT2D eigenvalue weighted by Gasteiger charge is 2.20. The third-order valence-electron chi connectivity index (χ3n) is 4.54. The first-order chi connectivity index (χ1) is 13.9. The molecule has 150 valence electrons. The molecule has 6 nitrogen and oxygen atoms in total. The average Bonchev–Trinajstić information content (AvgIpc) is 2.71. The normalized spacial score (nSPS) is 11.7. The Hall–Kier alpha value is -3.48. The van der Waals surface area contributed by atoms with Gasteiger partial charge >= 0.3 is 0 Å². The van der Waals surface area contributed by atoms with E-state index in [-0.39, 0.29) is 11.2 Å². The van der Waals surface area contributed by atoms with E-state index < -0.39 is 17.8 Å². The fourth-order valence-corrected chi connectivity index (χ4v) is 3.01. The summed E-state index contributed by atoms with van der Waals surface area (Å²) < 4.78 is 20.2. The number of methoxy groups -OCH3 is 1. The highest BCUT2D eigenvalue weighted by Crippen LogP contribution is 2.17. The maximum absolute atomic E-state index is 13.8. The van der Waals surface area contributed by atoms with Crippen molar-refractivity contribution < 1.29 is 13.9 Å². The van der Waals surface area contributed by atoms with Gasteiger partial charge in [-0.25, -0.2) is 9.07 Å². The van der Waals surface area contributed by atoms with Crippen molar-refractivity contribution in [1.29, 1.82) is 0 Å². The third-order valence-corrected chi connectivity index (χ3v) is 4.54. The summed E-state index contributed by atoms with van der Waals surface area (Å²) in [6.45, 7) is 3.31. The van der Waals surface area contributed by atoms with Crippen LogP contribution in [0.4, 0.5) is 10.1 Å². The second-order valence-electron chi connectivity index (χ2n) is 6.73. The molecule has 0 radical (unpaired) electrons. The zero-order valence-electron chi connectivity index (χ0n) is 16.5. The van der Waals surface area contributed by atoms with E-state index in [0.717, 1.165) is 10.2 Å². The number of halogens is 1. The lowest BCUT2D eigenvalue weighted by Crippen LogP contribution is -2.35. The van der Waals surface area contributed by atoms with Crippen molar-refractivity contribution in [2.75, 3.05) is 12.4 Å². The number of carbonyl (C=O) groups is 1. The smallest absolute Gasteiger partial charge is 0.271 e. The number of para-hydroxylation sites is 1. The maximum Gasteiger partial charge on any atom is 0.271 e. The molecule has 0 aliphatic heterocycles. The van der Waals surface area contributed by atoms with Gasteiger partial charge in [-0.15, -0.1) is 0 Å². The number of hydrogen-bond acceptors (Lipinski definition) is 4. The van der Waals surface area contributed by atoms with Gasteiger partial charge in [-0.1, -0.05) is 24.3 Å². The molecule has 1 amide bonds. The third kappa shape index (κ3) is 4.68. The Labute approximate surface area is 168 Å². The summed E-state index contributed by atoms with van der Waals surface area (Å²) in [7, 11) is 1.58. The molecule has 0 aliphatic rings. The van der Waals surface area contributed by atoms with Crippen molar-refractivity contribution in [3.8, 4) is 5.75 Å². The monoisotopic (exact) mass is 395 g/mol. The lowest BCUT2D eigenvalue weighted by molar-refractivity contribution is -0.119. The van der Waals surface area contributed by atoms with Crippen molar-refractivity contribution in [2.24, 2.45) is 0 Å². The number of amides is 1. The SMILES string of the molecule is COc1cccc(Cc2cc(C)nn(C(C)C(=O)Nc3ccccc3F)c2=O)c1. The number of aromatic nitrogens is 2. The van der Waals surface area contributed by atoms with Crippen LogP contribution in [0.5, 0.6) is 5.75 Å². The zero-order valence-corrected chi connectivity index (χ0v) is 16.5. The Bertz CT molecular complexity index is 1090. The predicted octanol–water partition coefficient (Wildman–Crippen LogP) is 3.49. The number of anilines is 1. The molecule has 2 aromatic carbocycles. The Morgan fingerprint density at radius 2 is 1.97 bits per heavy atom. The molecule has 1 N–H and O–H groups in total. The Kier molecular flexibility index (Phi) is 6.07. The van der Waals surface area contributed by atoms with Crippen molar-refractivity contribution in [2.45, 2.75) is 26.3 Å². The molecule has 7 heteroatoms. The molecule has 1 aromatic heterocycles. The van der Waals surface area contributed by atoms with Gasteiger partial charge in [0.05, 0.1) is 18.5 Å². The van der Waals surface area contributed by atoms with E-state index >= 15 is 0 Å². The second-order valence-corrected chi connectivity index (χ2v) is 6.73. The molecular formula is C22H22FN3O3. The molecule has 0 bridgehead atoms. The van der Waals surface area contributed by atoms with Crippen LogP contribution in [0.2, 0.25) is 0 Å². The topological polar surface area (TPSA) is 73.2 Å². The molecule has 3 rings (SSSR count). The highest BCUT2D eigenvalue weighted by molar-refractivity contribution is 5.93. The van der Waals surface area contributed by atoms with Gasteiger partial charge in [-0.05, 0) is 49.7 Å². The van der Waals surface area contributed by atoms with Crippen LogP contribution in [0.25, 0.3) is 0 Å². The van der Waals surface area contributed by atoms with Gasteiger partial charge in [0.25, 0.3) is 5.56 Å². The number of rotatable bonds is 6. The lowest BCUT2D eigenvalue weighted by Gasteiger charge is -2.16. The predicted molar refractivity (Wildman–Crippen MR) is 109 cm³/mol. The van der Waals surface area contributed by atoms with Crippen LogP contribution in [0.15, 0.2) is 59.4 Å². The van der Waals surface area contributed by atoms with Gasteiger partial charge < -0.3 is 10.1 Å². The van der Waals surface area contributed by atoms with Gasteiger partial charge in [0, 0.05) is 12.0 Å². The van der Waals surface area contributed by atoms with E-state index in [1.807, 2.05) is 24.3 Å². The van der Waals surface area contributed by atoms with Crippen LogP contribution in [0, 0.1) is 12.7 Å². The molecule has 3 aromatic rings. The van der Waals surface area contributed by atoms with Crippen LogP contribution in [-0.4, -0.2) is 22.8 Å². The molecule has 29 heavy (non-hydrogen) atoms. The molecule has 0 saturated carbocycles. The quantitative estimate of drug-likeness (QED) is 0.693. The summed E-state index contributed by atoms with van der Waals surface area (Å²) in [6.07, 6.45) is 0.376. The number of nitrogens with zero attached hydrogens (tertiary/aromatic N) is 2. The molecule has 0 spiro atoms. The molecule has 1 atom stereocenters. The zero-order chi connectivity index (χ0) is 21.0. The number of nitrogens with one attached hydrogen (secondary N) is 1. The largest absolute Gasteiger partial charge is 0.497 e. The average molecular weight is 395 g/mol. The van der Waals surface area contributed by atoms with Crippen LogP contribution in [0.3, 0.4) is 0 Å². The van der Waals surface area contributed by atoms with Crippen LogP contribution >= 0.6 is 0 Å². The van der Waals surface area contributed by atoms with Crippen LogP contribution in [-0.2, 0) is 11.2 Å². The number of hydrogen-bond donors (Lipinski definition) is 1. The maximum atomic E-state index is 13.8. The summed E-state index contributed by atoms with van der Waals surface area (Å²) in [6, 6.07) is 14.1. The van der Waals surface area contributed by atoms with Crippen LogP contribution in [0.1, 0.15) is 29.8 Å². The van der Waals surface area contributed by atoms with Crippen molar-refractivity contribution in [3.63, 3.8) is 0 Å². The number of carbonyl (C=O) groups excluding carboxylic acids is 1. The molecule has 0 fully saturated rings. The highest BCUT2D eigenvalue weighted by atomic mass is 19.1. The Balaban J connectivity index is 1.88. The summed E-state index contributed by atoms with van der Waals surface area (Å²) in [5.74, 6) is -0.370. The van der Waals surface area contributed by atoms with Gasteiger partial charge in [0.2, 0.25) is 5.91 Å². The van der Waals surface area contributed by atoms with E-state index in [9.17, 15) is 14.0 Å². The first-order valence-electron chi connectivity index (χ1n) is 9.16. The minimum absolute atomic E-state index is 0.0571. The summed E-state index contributed by atoms with van der Waals surface area (Å²) in [5.41, 5.74) is 1.71. The Morgan fingerprint density at radius 3 is 2.69 bits per heavy atom. The standard InChI is InChI=1S/C22H22FN3O3/c1-14-11-17(12-16-7-6-8-18(13-16)29-3)22(28)26(25-14)15(2)21(27)24-20-10-5-4-9-19(20)23/h4-11,13,15H,12H2,1-3H3,(H,24,27). The summed E-state index contributed by atoms with van der Waals surface area (Å²) in [5, 5.41) is 6.73. The number of ether oxygens (including phenoxy) is 1. The first-order valence-corrected chi connectivity index (χ1v) is 9.16. The fraction of sp³-hybridized carbons (Fsp3) is 0.227. The minimum atomic E-state index is -0.911. The second kappa shape index (κ2) is 8.68. The molecule has 0 aliphatic carbocycles. The van der Waals surface area contributed by atoms with Gasteiger partial charge in [-0.3, -0.25) is 9.59 Å². The van der Waals surface area contributed by atoms with Crippen LogP contribution < -0.4 is 15.6 Å². The van der Waals surface area contributed by atoms with E-state index in [4.69, 9.17) is 4.74 Å².